The number of ether oxygens (including phenoxy) is 1. The molecule has 3 rings (SSSR count). The van der Waals surface area contributed by atoms with Gasteiger partial charge in [0.1, 0.15) is 11.7 Å². The zero-order valence-corrected chi connectivity index (χ0v) is 26.0. The number of benzene rings is 1. The summed E-state index contributed by atoms with van der Waals surface area (Å²) in [5.41, 5.74) is 0.222. The third kappa shape index (κ3) is 5.96. The Balaban J connectivity index is 2.48. The highest BCUT2D eigenvalue weighted by molar-refractivity contribution is 6.17. The molecular weight excluding hydrogens is 516 g/mol. The molecule has 1 fully saturated rings. The maximum atomic E-state index is 14.3. The molecule has 222 valence electrons. The van der Waals surface area contributed by atoms with Gasteiger partial charge < -0.3 is 14.9 Å². The van der Waals surface area contributed by atoms with E-state index in [0.29, 0.717) is 6.42 Å². The zero-order chi connectivity index (χ0) is 30.9. The first-order valence-corrected chi connectivity index (χ1v) is 14.5. The van der Waals surface area contributed by atoms with Gasteiger partial charge in [0.2, 0.25) is 0 Å². The molecule has 6 heteroatoms. The fourth-order valence-corrected chi connectivity index (χ4v) is 6.03. The summed E-state index contributed by atoms with van der Waals surface area (Å²) in [6, 6.07) is 8.17. The van der Waals surface area contributed by atoms with Gasteiger partial charge in [-0.15, -0.1) is 0 Å². The van der Waals surface area contributed by atoms with Crippen LogP contribution in [0.25, 0.3) is 0 Å². The number of aliphatic hydroxyl groups excluding tert-OH is 1. The second-order valence-corrected chi connectivity index (χ2v) is 12.6. The predicted octanol–water partition coefficient (Wildman–Crippen LogP) is 6.89. The van der Waals surface area contributed by atoms with Crippen molar-refractivity contribution in [2.45, 2.75) is 99.4 Å². The number of allylic oxidation sites excluding steroid dienone is 6. The van der Waals surface area contributed by atoms with Gasteiger partial charge in [-0.1, -0.05) is 71.7 Å². The lowest BCUT2D eigenvalue weighted by Gasteiger charge is -2.52. The molecule has 0 radical (unpaired) electrons. The number of rotatable bonds is 9. The van der Waals surface area contributed by atoms with E-state index in [2.05, 4.69) is 6.08 Å². The summed E-state index contributed by atoms with van der Waals surface area (Å²) in [5.74, 6) is -3.99. The van der Waals surface area contributed by atoms with E-state index in [-0.39, 0.29) is 29.9 Å². The first kappa shape index (κ1) is 32.4. The molecule has 0 saturated carbocycles. The van der Waals surface area contributed by atoms with E-state index in [1.807, 2.05) is 54.5 Å². The minimum atomic E-state index is -2.44. The molecule has 2 aliphatic rings. The number of Topliss-reactive ketones (excluding diaryl/α,β-unsaturated/α-hetero) is 3. The average Bonchev–Trinajstić information content (AvgIpc) is 2.90. The highest BCUT2D eigenvalue weighted by Crippen LogP contribution is 2.56. The summed E-state index contributed by atoms with van der Waals surface area (Å²) in [4.78, 5) is 41.6. The summed E-state index contributed by atoms with van der Waals surface area (Å²) in [6.45, 7) is 16.7. The molecule has 0 aromatic heterocycles. The molecule has 0 unspecified atom stereocenters. The summed E-state index contributed by atoms with van der Waals surface area (Å²) < 4.78 is 6.53. The van der Waals surface area contributed by atoms with Crippen molar-refractivity contribution in [3.05, 3.63) is 81.7 Å². The lowest BCUT2D eigenvalue weighted by molar-refractivity contribution is -0.181. The topological polar surface area (TPSA) is 101 Å². The number of fused-ring (bicyclic) bond motifs is 1. The summed E-state index contributed by atoms with van der Waals surface area (Å²) in [5, 5.41) is 24.6. The van der Waals surface area contributed by atoms with Crippen LogP contribution in [0.3, 0.4) is 0 Å². The average molecular weight is 563 g/mol. The highest BCUT2D eigenvalue weighted by atomic mass is 16.5. The standard InChI is InChI=1S/C35H46O6/c1-20(2)15-16-26(22(5)6)19-34(18-17-21(3)4)32(39)29(35(40,25(9)36)27-13-11-10-12-14-27)31(38)28-30(37)23(7)24(8)41-33(28)34/h10-15,17,23-24,28,33,39-40H,16,18-19H2,1-9H3/t23-,24+,28+,33+,34-,35+/m0/s1. The second kappa shape index (κ2) is 12.4. The Bertz CT molecular complexity index is 1320. The van der Waals surface area contributed by atoms with E-state index in [4.69, 9.17) is 4.74 Å². The smallest absolute Gasteiger partial charge is 0.180 e. The van der Waals surface area contributed by atoms with Crippen LogP contribution < -0.4 is 0 Å². The summed E-state index contributed by atoms with van der Waals surface area (Å²) in [6.07, 6.45) is 3.77. The number of hydrogen-bond acceptors (Lipinski definition) is 6. The van der Waals surface area contributed by atoms with Crippen LogP contribution in [0, 0.1) is 17.3 Å². The van der Waals surface area contributed by atoms with Gasteiger partial charge >= 0.3 is 0 Å². The van der Waals surface area contributed by atoms with E-state index >= 15 is 0 Å². The molecule has 0 amide bonds. The molecule has 1 aliphatic heterocycles. The van der Waals surface area contributed by atoms with Crippen molar-refractivity contribution in [3.63, 3.8) is 0 Å². The quantitative estimate of drug-likeness (QED) is 0.251. The van der Waals surface area contributed by atoms with Crippen molar-refractivity contribution in [2.24, 2.45) is 17.3 Å². The molecule has 1 aromatic carbocycles. The summed E-state index contributed by atoms with van der Waals surface area (Å²) >= 11 is 0. The van der Waals surface area contributed by atoms with Crippen LogP contribution in [-0.4, -0.2) is 39.8 Å². The number of carbonyl (C=O) groups excluding carboxylic acids is 3. The molecule has 0 bridgehead atoms. The van der Waals surface area contributed by atoms with E-state index in [0.717, 1.165) is 22.3 Å². The molecule has 1 aliphatic carbocycles. The summed E-state index contributed by atoms with van der Waals surface area (Å²) in [7, 11) is 0. The zero-order valence-electron chi connectivity index (χ0n) is 26.0. The third-order valence-electron chi connectivity index (χ3n) is 8.84. The van der Waals surface area contributed by atoms with Crippen LogP contribution in [0.2, 0.25) is 0 Å². The Hall–Kier alpha value is -3.09. The molecule has 6 nitrogen and oxygen atoms in total. The number of hydrogen-bond donors (Lipinski definition) is 2. The SMILES string of the molecule is CC(=O)[C@](O)(C1=C(O)[C@](CC=C(C)C)(CC(CC=C(C)C)=C(C)C)[C@@H]2O[C@H](C)[C@H](C)C(=O)[C@@H]2C1=O)c1ccccc1. The second-order valence-electron chi connectivity index (χ2n) is 12.6. The van der Waals surface area contributed by atoms with Crippen molar-refractivity contribution < 1.29 is 29.3 Å². The van der Waals surface area contributed by atoms with Gasteiger partial charge in [-0.3, -0.25) is 14.4 Å². The van der Waals surface area contributed by atoms with E-state index < -0.39 is 52.2 Å². The molecule has 1 aromatic rings. The van der Waals surface area contributed by atoms with Gasteiger partial charge in [-0.2, -0.15) is 0 Å². The monoisotopic (exact) mass is 562 g/mol. The van der Waals surface area contributed by atoms with Crippen molar-refractivity contribution in [2.75, 3.05) is 0 Å². The van der Waals surface area contributed by atoms with Crippen molar-refractivity contribution in [3.8, 4) is 0 Å². The number of ketones is 3. The van der Waals surface area contributed by atoms with Crippen LogP contribution in [0.15, 0.2) is 76.1 Å². The van der Waals surface area contributed by atoms with Crippen LogP contribution in [-0.2, 0) is 24.7 Å². The molecule has 1 heterocycles. The fourth-order valence-electron chi connectivity index (χ4n) is 6.03. The van der Waals surface area contributed by atoms with Gasteiger partial charge in [0, 0.05) is 5.92 Å². The van der Waals surface area contributed by atoms with E-state index in [9.17, 15) is 24.6 Å². The van der Waals surface area contributed by atoms with Crippen molar-refractivity contribution >= 4 is 17.3 Å². The minimum absolute atomic E-state index is 0.162. The maximum absolute atomic E-state index is 14.3. The normalized spacial score (nSPS) is 27.5. The number of aliphatic hydroxyl groups is 2. The Labute approximate surface area is 244 Å². The molecule has 41 heavy (non-hydrogen) atoms. The third-order valence-corrected chi connectivity index (χ3v) is 8.84. The lowest BCUT2D eigenvalue weighted by atomic mass is 9.56. The Kier molecular flexibility index (Phi) is 9.82. The first-order valence-electron chi connectivity index (χ1n) is 14.5. The Morgan fingerprint density at radius 3 is 2.07 bits per heavy atom. The van der Waals surface area contributed by atoms with Crippen molar-refractivity contribution in [1.82, 2.24) is 0 Å². The van der Waals surface area contributed by atoms with Crippen LogP contribution in [0.1, 0.15) is 87.1 Å². The van der Waals surface area contributed by atoms with Crippen LogP contribution in [0.4, 0.5) is 0 Å². The van der Waals surface area contributed by atoms with Crippen LogP contribution >= 0.6 is 0 Å². The van der Waals surface area contributed by atoms with Gasteiger partial charge in [-0.05, 0) is 80.2 Å². The largest absolute Gasteiger partial charge is 0.511 e. The van der Waals surface area contributed by atoms with Gasteiger partial charge in [0.05, 0.1) is 23.2 Å². The highest BCUT2D eigenvalue weighted by Gasteiger charge is 2.63. The van der Waals surface area contributed by atoms with Gasteiger partial charge in [-0.25, -0.2) is 0 Å². The van der Waals surface area contributed by atoms with Gasteiger partial charge in [0.15, 0.2) is 23.0 Å². The van der Waals surface area contributed by atoms with Crippen LogP contribution in [0.5, 0.6) is 0 Å². The fraction of sp³-hybridized carbons (Fsp3) is 0.514. The molecule has 6 atom stereocenters. The van der Waals surface area contributed by atoms with Gasteiger partial charge in [0.25, 0.3) is 0 Å². The molecule has 2 N–H and O–H groups in total. The number of carbonyl (C=O) groups is 3. The molecule has 1 saturated heterocycles. The Morgan fingerprint density at radius 1 is 0.976 bits per heavy atom. The maximum Gasteiger partial charge on any atom is 0.180 e. The van der Waals surface area contributed by atoms with E-state index in [1.54, 1.807) is 37.3 Å². The first-order chi connectivity index (χ1) is 19.1. The minimum Gasteiger partial charge on any atom is -0.511 e. The molecule has 0 spiro atoms. The van der Waals surface area contributed by atoms with E-state index in [1.165, 1.54) is 6.92 Å². The molecular formula is C35H46O6. The van der Waals surface area contributed by atoms with Crippen molar-refractivity contribution in [1.29, 1.82) is 0 Å². The predicted molar refractivity (Wildman–Crippen MR) is 161 cm³/mol. The lowest BCUT2D eigenvalue weighted by Crippen LogP contribution is -2.62. The Morgan fingerprint density at radius 2 is 1.56 bits per heavy atom.